The number of ether oxygens (including phenoxy) is 1. The Balaban J connectivity index is 1.80. The molecule has 0 aromatic heterocycles. The number of likely N-dealkylation sites (tertiary alicyclic amines) is 1. The molecular formula is C12H21NO3. The smallest absolute Gasteiger partial charge is 0.304 e. The standard InChI is InChI=1S/C12H21NO3/c14-12(15)7-11-4-1-5-13(11)8-10-3-2-6-16-9-10/h10-11H,1-9H2,(H,14,15). The predicted molar refractivity (Wildman–Crippen MR) is 60.4 cm³/mol. The third kappa shape index (κ3) is 3.19. The average molecular weight is 227 g/mol. The maximum Gasteiger partial charge on any atom is 0.304 e. The lowest BCUT2D eigenvalue weighted by molar-refractivity contribution is -0.138. The fourth-order valence-corrected chi connectivity index (χ4v) is 2.85. The van der Waals surface area contributed by atoms with Gasteiger partial charge in [0.2, 0.25) is 0 Å². The molecule has 4 heteroatoms. The first-order chi connectivity index (χ1) is 7.75. The van der Waals surface area contributed by atoms with Crippen LogP contribution in [0.5, 0.6) is 0 Å². The van der Waals surface area contributed by atoms with Crippen molar-refractivity contribution in [2.75, 3.05) is 26.3 Å². The van der Waals surface area contributed by atoms with Crippen LogP contribution in [-0.4, -0.2) is 48.3 Å². The van der Waals surface area contributed by atoms with Crippen molar-refractivity contribution in [1.82, 2.24) is 4.90 Å². The van der Waals surface area contributed by atoms with E-state index in [1.807, 2.05) is 0 Å². The Bertz CT molecular complexity index is 238. The number of rotatable bonds is 4. The number of nitrogens with zero attached hydrogens (tertiary/aromatic N) is 1. The summed E-state index contributed by atoms with van der Waals surface area (Å²) in [7, 11) is 0. The first-order valence-corrected chi connectivity index (χ1v) is 6.29. The van der Waals surface area contributed by atoms with Crippen molar-refractivity contribution in [2.45, 2.75) is 38.1 Å². The molecule has 2 aliphatic rings. The van der Waals surface area contributed by atoms with Crippen LogP contribution >= 0.6 is 0 Å². The van der Waals surface area contributed by atoms with Crippen LogP contribution in [-0.2, 0) is 9.53 Å². The molecule has 2 rings (SSSR count). The summed E-state index contributed by atoms with van der Waals surface area (Å²) in [5, 5.41) is 8.85. The number of aliphatic carboxylic acids is 1. The number of hydrogen-bond donors (Lipinski definition) is 1. The molecule has 92 valence electrons. The molecule has 0 radical (unpaired) electrons. The maximum absolute atomic E-state index is 10.7. The average Bonchev–Trinajstić information content (AvgIpc) is 2.66. The Kier molecular flexibility index (Phi) is 4.18. The summed E-state index contributed by atoms with van der Waals surface area (Å²) in [4.78, 5) is 13.1. The van der Waals surface area contributed by atoms with Gasteiger partial charge in [-0.2, -0.15) is 0 Å². The number of hydrogen-bond acceptors (Lipinski definition) is 3. The minimum atomic E-state index is -0.670. The lowest BCUT2D eigenvalue weighted by atomic mass is 10.0. The topological polar surface area (TPSA) is 49.8 Å². The van der Waals surface area contributed by atoms with Crippen molar-refractivity contribution in [1.29, 1.82) is 0 Å². The molecule has 2 heterocycles. The highest BCUT2D eigenvalue weighted by Crippen LogP contribution is 2.24. The SMILES string of the molecule is O=C(O)CC1CCCN1CC1CCCOC1. The Morgan fingerprint density at radius 1 is 1.38 bits per heavy atom. The van der Waals surface area contributed by atoms with E-state index < -0.39 is 5.97 Å². The predicted octanol–water partition coefficient (Wildman–Crippen LogP) is 1.35. The van der Waals surface area contributed by atoms with Gasteiger partial charge in [0.25, 0.3) is 0 Å². The van der Waals surface area contributed by atoms with E-state index in [4.69, 9.17) is 9.84 Å². The molecule has 2 atom stereocenters. The van der Waals surface area contributed by atoms with E-state index in [2.05, 4.69) is 4.90 Å². The van der Waals surface area contributed by atoms with Gasteiger partial charge in [0.15, 0.2) is 0 Å². The van der Waals surface area contributed by atoms with Crippen molar-refractivity contribution >= 4 is 5.97 Å². The van der Waals surface area contributed by atoms with Gasteiger partial charge >= 0.3 is 5.97 Å². The molecule has 0 aliphatic carbocycles. The van der Waals surface area contributed by atoms with Crippen molar-refractivity contribution in [3.8, 4) is 0 Å². The fourth-order valence-electron chi connectivity index (χ4n) is 2.85. The van der Waals surface area contributed by atoms with Gasteiger partial charge < -0.3 is 9.84 Å². The zero-order chi connectivity index (χ0) is 11.4. The molecule has 0 bridgehead atoms. The zero-order valence-electron chi connectivity index (χ0n) is 9.73. The maximum atomic E-state index is 10.7. The summed E-state index contributed by atoms with van der Waals surface area (Å²) >= 11 is 0. The lowest BCUT2D eigenvalue weighted by Crippen LogP contribution is -2.37. The van der Waals surface area contributed by atoms with Gasteiger partial charge in [-0.25, -0.2) is 0 Å². The number of carbonyl (C=O) groups is 1. The van der Waals surface area contributed by atoms with E-state index in [1.165, 1.54) is 6.42 Å². The summed E-state index contributed by atoms with van der Waals surface area (Å²) in [6.07, 6.45) is 4.87. The molecule has 16 heavy (non-hydrogen) atoms. The summed E-state index contributed by atoms with van der Waals surface area (Å²) < 4.78 is 5.47. The van der Waals surface area contributed by atoms with Crippen molar-refractivity contribution < 1.29 is 14.6 Å². The second-order valence-electron chi connectivity index (χ2n) is 4.97. The number of carboxylic acids is 1. The monoisotopic (exact) mass is 227 g/mol. The molecule has 0 aromatic rings. The van der Waals surface area contributed by atoms with Gasteiger partial charge in [-0.3, -0.25) is 9.69 Å². The molecule has 0 spiro atoms. The molecule has 2 saturated heterocycles. The highest BCUT2D eigenvalue weighted by atomic mass is 16.5. The molecule has 2 aliphatic heterocycles. The molecule has 4 nitrogen and oxygen atoms in total. The van der Waals surface area contributed by atoms with E-state index >= 15 is 0 Å². The third-order valence-electron chi connectivity index (χ3n) is 3.66. The van der Waals surface area contributed by atoms with E-state index in [9.17, 15) is 4.79 Å². The van der Waals surface area contributed by atoms with Crippen LogP contribution in [0.15, 0.2) is 0 Å². The molecule has 2 unspecified atom stereocenters. The highest BCUT2D eigenvalue weighted by molar-refractivity contribution is 5.67. The van der Waals surface area contributed by atoms with Crippen molar-refractivity contribution in [3.63, 3.8) is 0 Å². The van der Waals surface area contributed by atoms with E-state index in [1.54, 1.807) is 0 Å². The Morgan fingerprint density at radius 3 is 2.94 bits per heavy atom. The summed E-state index contributed by atoms with van der Waals surface area (Å²) in [6, 6.07) is 0.263. The van der Waals surface area contributed by atoms with E-state index in [-0.39, 0.29) is 6.04 Å². The Hall–Kier alpha value is -0.610. The molecule has 0 saturated carbocycles. The molecule has 0 aromatic carbocycles. The molecule has 0 amide bonds. The lowest BCUT2D eigenvalue weighted by Gasteiger charge is -2.30. The fraction of sp³-hybridized carbons (Fsp3) is 0.917. The van der Waals surface area contributed by atoms with Crippen LogP contribution in [0.2, 0.25) is 0 Å². The second-order valence-corrected chi connectivity index (χ2v) is 4.97. The Labute approximate surface area is 96.6 Å². The molecule has 1 N–H and O–H groups in total. The summed E-state index contributed by atoms with van der Waals surface area (Å²) in [5.41, 5.74) is 0. The first-order valence-electron chi connectivity index (χ1n) is 6.29. The minimum absolute atomic E-state index is 0.263. The van der Waals surface area contributed by atoms with E-state index in [0.717, 1.165) is 45.6 Å². The van der Waals surface area contributed by atoms with Crippen LogP contribution in [0.3, 0.4) is 0 Å². The third-order valence-corrected chi connectivity index (χ3v) is 3.66. The van der Waals surface area contributed by atoms with Crippen LogP contribution in [0.4, 0.5) is 0 Å². The van der Waals surface area contributed by atoms with Gasteiger partial charge in [0.1, 0.15) is 0 Å². The van der Waals surface area contributed by atoms with Gasteiger partial charge in [-0.1, -0.05) is 0 Å². The summed E-state index contributed by atoms with van der Waals surface area (Å²) in [6.45, 7) is 3.84. The van der Waals surface area contributed by atoms with Gasteiger partial charge in [-0.15, -0.1) is 0 Å². The second kappa shape index (κ2) is 5.64. The van der Waals surface area contributed by atoms with Crippen molar-refractivity contribution in [3.05, 3.63) is 0 Å². The van der Waals surface area contributed by atoms with Gasteiger partial charge in [0, 0.05) is 19.2 Å². The van der Waals surface area contributed by atoms with Crippen LogP contribution in [0, 0.1) is 5.92 Å². The Morgan fingerprint density at radius 2 is 2.25 bits per heavy atom. The minimum Gasteiger partial charge on any atom is -0.481 e. The molecular weight excluding hydrogens is 206 g/mol. The zero-order valence-corrected chi connectivity index (χ0v) is 9.73. The van der Waals surface area contributed by atoms with Crippen LogP contribution in [0.25, 0.3) is 0 Å². The van der Waals surface area contributed by atoms with Gasteiger partial charge in [0.05, 0.1) is 13.0 Å². The largest absolute Gasteiger partial charge is 0.481 e. The normalized spacial score (nSPS) is 31.8. The van der Waals surface area contributed by atoms with Crippen LogP contribution < -0.4 is 0 Å². The van der Waals surface area contributed by atoms with Crippen LogP contribution in [0.1, 0.15) is 32.1 Å². The summed E-state index contributed by atoms with van der Waals surface area (Å²) in [5.74, 6) is -0.0556. The van der Waals surface area contributed by atoms with Gasteiger partial charge in [-0.05, 0) is 38.1 Å². The highest BCUT2D eigenvalue weighted by Gasteiger charge is 2.28. The first kappa shape index (κ1) is 11.9. The molecule has 2 fully saturated rings. The quantitative estimate of drug-likeness (QED) is 0.787. The van der Waals surface area contributed by atoms with Crippen molar-refractivity contribution in [2.24, 2.45) is 5.92 Å². The number of carboxylic acid groups (broad SMARTS) is 1. The van der Waals surface area contributed by atoms with E-state index in [0.29, 0.717) is 12.3 Å².